The maximum absolute atomic E-state index is 5.56. The molecule has 0 aliphatic carbocycles. The molecule has 1 fully saturated rings. The van der Waals surface area contributed by atoms with Crippen LogP contribution in [0.25, 0.3) is 0 Å². The van der Waals surface area contributed by atoms with E-state index < -0.39 is 0 Å². The molecule has 3 heteroatoms. The van der Waals surface area contributed by atoms with E-state index in [2.05, 4.69) is 55.5 Å². The van der Waals surface area contributed by atoms with Gasteiger partial charge in [-0.05, 0) is 37.5 Å². The molecule has 18 heavy (non-hydrogen) atoms. The Balaban J connectivity index is 1.82. The van der Waals surface area contributed by atoms with Gasteiger partial charge < -0.3 is 15.0 Å². The highest BCUT2D eigenvalue weighted by Gasteiger charge is 2.18. The van der Waals surface area contributed by atoms with Crippen molar-refractivity contribution in [3.63, 3.8) is 0 Å². The summed E-state index contributed by atoms with van der Waals surface area (Å²) in [5.74, 6) is 0. The lowest BCUT2D eigenvalue weighted by Crippen LogP contribution is -2.37. The van der Waals surface area contributed by atoms with Crippen LogP contribution in [0.3, 0.4) is 0 Å². The van der Waals surface area contributed by atoms with E-state index in [0.717, 1.165) is 26.0 Å². The largest absolute Gasteiger partial charge is 0.378 e. The molecule has 0 amide bonds. The second-order valence-corrected chi connectivity index (χ2v) is 5.34. The van der Waals surface area contributed by atoms with Gasteiger partial charge in [0.25, 0.3) is 0 Å². The van der Waals surface area contributed by atoms with Crippen LogP contribution in [0, 0.1) is 0 Å². The summed E-state index contributed by atoms with van der Waals surface area (Å²) in [6, 6.07) is 9.34. The van der Waals surface area contributed by atoms with Crippen LogP contribution in [-0.4, -0.2) is 32.8 Å². The Bertz CT molecular complexity index is 361. The van der Waals surface area contributed by atoms with E-state index in [-0.39, 0.29) is 0 Å². The van der Waals surface area contributed by atoms with Crippen molar-refractivity contribution in [2.75, 3.05) is 25.6 Å². The minimum Gasteiger partial charge on any atom is -0.378 e. The predicted molar refractivity (Wildman–Crippen MR) is 76.0 cm³/mol. The Morgan fingerprint density at radius 2 is 2.00 bits per heavy atom. The highest BCUT2D eigenvalue weighted by Crippen LogP contribution is 2.15. The van der Waals surface area contributed by atoms with Crippen molar-refractivity contribution in [1.82, 2.24) is 5.32 Å². The van der Waals surface area contributed by atoms with Crippen molar-refractivity contribution in [2.24, 2.45) is 0 Å². The molecule has 0 saturated carbocycles. The molecule has 1 heterocycles. The summed E-state index contributed by atoms with van der Waals surface area (Å²) < 4.78 is 5.56. The summed E-state index contributed by atoms with van der Waals surface area (Å²) >= 11 is 0. The molecule has 2 unspecified atom stereocenters. The number of anilines is 1. The monoisotopic (exact) mass is 248 g/mol. The highest BCUT2D eigenvalue weighted by atomic mass is 16.5. The second kappa shape index (κ2) is 6.21. The third-order valence-electron chi connectivity index (χ3n) is 3.53. The summed E-state index contributed by atoms with van der Waals surface area (Å²) in [5.41, 5.74) is 2.60. The normalized spacial score (nSPS) is 23.9. The van der Waals surface area contributed by atoms with Crippen molar-refractivity contribution in [2.45, 2.75) is 38.5 Å². The lowest BCUT2D eigenvalue weighted by atomic mass is 10.0. The van der Waals surface area contributed by atoms with Crippen molar-refractivity contribution < 1.29 is 4.74 Å². The Labute approximate surface area is 110 Å². The van der Waals surface area contributed by atoms with E-state index in [9.17, 15) is 0 Å². The second-order valence-electron chi connectivity index (χ2n) is 5.34. The van der Waals surface area contributed by atoms with Gasteiger partial charge in [0.2, 0.25) is 0 Å². The minimum atomic E-state index is 0.396. The predicted octanol–water partition coefficient (Wildman–Crippen LogP) is 2.41. The van der Waals surface area contributed by atoms with Gasteiger partial charge in [0.05, 0.1) is 6.10 Å². The number of benzene rings is 1. The van der Waals surface area contributed by atoms with Gasteiger partial charge in [-0.25, -0.2) is 0 Å². The van der Waals surface area contributed by atoms with Crippen LogP contribution >= 0.6 is 0 Å². The molecule has 0 bridgehead atoms. The van der Waals surface area contributed by atoms with Crippen LogP contribution in [0.4, 0.5) is 5.69 Å². The van der Waals surface area contributed by atoms with Crippen molar-refractivity contribution >= 4 is 5.69 Å². The number of hydrogen-bond donors (Lipinski definition) is 1. The van der Waals surface area contributed by atoms with Crippen LogP contribution in [0.5, 0.6) is 0 Å². The summed E-state index contributed by atoms with van der Waals surface area (Å²) in [7, 11) is 4.13. The fourth-order valence-corrected chi connectivity index (χ4v) is 2.36. The summed E-state index contributed by atoms with van der Waals surface area (Å²) in [4.78, 5) is 2.12. The Morgan fingerprint density at radius 3 is 2.61 bits per heavy atom. The van der Waals surface area contributed by atoms with Gasteiger partial charge in [0.1, 0.15) is 0 Å². The van der Waals surface area contributed by atoms with Gasteiger partial charge in [0, 0.05) is 39.0 Å². The van der Waals surface area contributed by atoms with Crippen molar-refractivity contribution in [3.8, 4) is 0 Å². The number of ether oxygens (including phenoxy) is 1. The van der Waals surface area contributed by atoms with E-state index >= 15 is 0 Å². The molecule has 1 N–H and O–H groups in total. The van der Waals surface area contributed by atoms with Crippen LogP contribution in [0.2, 0.25) is 0 Å². The van der Waals surface area contributed by atoms with Crippen LogP contribution in [0.15, 0.2) is 24.3 Å². The molecule has 1 aliphatic rings. The molecule has 0 radical (unpaired) electrons. The zero-order valence-corrected chi connectivity index (χ0v) is 11.6. The average Bonchev–Trinajstić information content (AvgIpc) is 2.37. The van der Waals surface area contributed by atoms with E-state index in [1.807, 2.05) is 0 Å². The third kappa shape index (κ3) is 3.72. The molecule has 2 rings (SSSR count). The maximum atomic E-state index is 5.56. The molecule has 1 aromatic carbocycles. The van der Waals surface area contributed by atoms with Crippen molar-refractivity contribution in [1.29, 1.82) is 0 Å². The summed E-state index contributed by atoms with van der Waals surface area (Å²) in [5, 5.41) is 3.62. The van der Waals surface area contributed by atoms with E-state index in [1.54, 1.807) is 0 Å². The van der Waals surface area contributed by atoms with Gasteiger partial charge in [-0.1, -0.05) is 12.1 Å². The summed E-state index contributed by atoms with van der Waals surface area (Å²) in [6.07, 6.45) is 2.64. The fraction of sp³-hybridized carbons (Fsp3) is 0.600. The number of nitrogens with zero attached hydrogens (tertiary/aromatic N) is 1. The Morgan fingerprint density at radius 1 is 1.28 bits per heavy atom. The number of hydrogen-bond acceptors (Lipinski definition) is 3. The summed E-state index contributed by atoms with van der Waals surface area (Å²) in [6.45, 7) is 3.99. The first-order chi connectivity index (χ1) is 8.65. The first kappa shape index (κ1) is 13.4. The fourth-order valence-electron chi connectivity index (χ4n) is 2.36. The molecule has 0 spiro atoms. The van der Waals surface area contributed by atoms with Crippen LogP contribution < -0.4 is 10.2 Å². The highest BCUT2D eigenvalue weighted by molar-refractivity contribution is 5.45. The molecular formula is C15H24N2O. The van der Waals surface area contributed by atoms with Crippen LogP contribution in [0.1, 0.15) is 25.3 Å². The van der Waals surface area contributed by atoms with E-state index in [0.29, 0.717) is 12.1 Å². The van der Waals surface area contributed by atoms with Gasteiger partial charge in [0.15, 0.2) is 0 Å². The first-order valence-electron chi connectivity index (χ1n) is 6.76. The molecular weight excluding hydrogens is 224 g/mol. The van der Waals surface area contributed by atoms with Crippen molar-refractivity contribution in [3.05, 3.63) is 29.8 Å². The van der Waals surface area contributed by atoms with Gasteiger partial charge >= 0.3 is 0 Å². The SMILES string of the molecule is CC1CC(NCc2ccc(N(C)C)cc2)CCO1. The average molecular weight is 248 g/mol. The molecule has 1 aliphatic heterocycles. The quantitative estimate of drug-likeness (QED) is 0.885. The standard InChI is InChI=1S/C15H24N2O/c1-12-10-14(8-9-18-12)16-11-13-4-6-15(7-5-13)17(2)3/h4-7,12,14,16H,8-11H2,1-3H3. The van der Waals surface area contributed by atoms with Crippen LogP contribution in [-0.2, 0) is 11.3 Å². The van der Waals surface area contributed by atoms with E-state index in [1.165, 1.54) is 11.3 Å². The molecule has 3 nitrogen and oxygen atoms in total. The number of rotatable bonds is 4. The lowest BCUT2D eigenvalue weighted by Gasteiger charge is -2.28. The van der Waals surface area contributed by atoms with Gasteiger partial charge in [-0.15, -0.1) is 0 Å². The Kier molecular flexibility index (Phi) is 4.61. The topological polar surface area (TPSA) is 24.5 Å². The van der Waals surface area contributed by atoms with Gasteiger partial charge in [-0.3, -0.25) is 0 Å². The third-order valence-corrected chi connectivity index (χ3v) is 3.53. The zero-order valence-electron chi connectivity index (χ0n) is 11.6. The molecule has 1 aromatic rings. The lowest BCUT2D eigenvalue weighted by molar-refractivity contribution is 0.0130. The van der Waals surface area contributed by atoms with Gasteiger partial charge in [-0.2, -0.15) is 0 Å². The van der Waals surface area contributed by atoms with E-state index in [4.69, 9.17) is 4.74 Å². The maximum Gasteiger partial charge on any atom is 0.0561 e. The molecule has 100 valence electrons. The number of nitrogens with one attached hydrogen (secondary N) is 1. The first-order valence-corrected chi connectivity index (χ1v) is 6.76. The molecule has 2 atom stereocenters. The minimum absolute atomic E-state index is 0.396. The zero-order chi connectivity index (χ0) is 13.0. The smallest absolute Gasteiger partial charge is 0.0561 e. The molecule has 1 saturated heterocycles. The molecule has 0 aromatic heterocycles. The Hall–Kier alpha value is -1.06.